The van der Waals surface area contributed by atoms with Gasteiger partial charge in [0, 0.05) is 29.7 Å². The number of carbonyl (C=O) groups is 1. The average molecular weight is 353 g/mol. The fraction of sp³-hybridized carbons (Fsp3) is 0.222. The number of halogens is 1. The molecule has 0 bridgehead atoms. The van der Waals surface area contributed by atoms with Crippen LogP contribution in [0.3, 0.4) is 0 Å². The van der Waals surface area contributed by atoms with E-state index in [1.165, 1.54) is 24.3 Å². The number of aromatic nitrogens is 3. The van der Waals surface area contributed by atoms with Gasteiger partial charge in [0.15, 0.2) is 0 Å². The van der Waals surface area contributed by atoms with Crippen LogP contribution in [-0.4, -0.2) is 27.6 Å². The zero-order valence-electron chi connectivity index (χ0n) is 14.0. The Morgan fingerprint density at radius 1 is 1.31 bits per heavy atom. The van der Waals surface area contributed by atoms with Crippen molar-refractivity contribution in [2.45, 2.75) is 19.9 Å². The molecule has 0 spiro atoms. The first-order valence-corrected chi connectivity index (χ1v) is 8.21. The Morgan fingerprint density at radius 2 is 2.12 bits per heavy atom. The Hall–Kier alpha value is -3.13. The van der Waals surface area contributed by atoms with E-state index in [9.17, 15) is 9.18 Å². The van der Waals surface area contributed by atoms with Gasteiger partial charge in [0.25, 0.3) is 0 Å². The molecule has 1 amide bonds. The molecule has 2 N–H and O–H groups in total. The molecular weight excluding hydrogens is 337 g/mol. The summed E-state index contributed by atoms with van der Waals surface area (Å²) in [5, 5.41) is 9.86. The molecule has 1 aliphatic rings. The number of rotatable bonds is 3. The molecule has 7 nitrogen and oxygen atoms in total. The largest absolute Gasteiger partial charge is 0.328 e. The van der Waals surface area contributed by atoms with Crippen LogP contribution in [0.1, 0.15) is 27.5 Å². The first-order valence-electron chi connectivity index (χ1n) is 8.21. The average Bonchev–Trinajstić information content (AvgIpc) is 3.13. The number of nitrogens with zero attached hydrogens (tertiary/aromatic N) is 3. The van der Waals surface area contributed by atoms with E-state index in [4.69, 9.17) is 4.52 Å². The summed E-state index contributed by atoms with van der Waals surface area (Å²) in [5.41, 5.74) is 4.27. The molecule has 8 heteroatoms. The zero-order valence-corrected chi connectivity index (χ0v) is 14.0. The van der Waals surface area contributed by atoms with Gasteiger partial charge in [-0.05, 0) is 55.3 Å². The Morgan fingerprint density at radius 3 is 2.92 bits per heavy atom. The first-order chi connectivity index (χ1) is 12.6. The third kappa shape index (κ3) is 3.06. The predicted octanol–water partition coefficient (Wildman–Crippen LogP) is 2.48. The molecule has 0 atom stereocenters. The van der Waals surface area contributed by atoms with Gasteiger partial charge in [-0.3, -0.25) is 9.78 Å². The van der Waals surface area contributed by atoms with Gasteiger partial charge in [-0.15, -0.1) is 0 Å². The number of benzene rings is 1. The zero-order chi connectivity index (χ0) is 18.1. The van der Waals surface area contributed by atoms with E-state index in [-0.39, 0.29) is 11.7 Å². The van der Waals surface area contributed by atoms with Gasteiger partial charge in [0.1, 0.15) is 5.82 Å². The second-order valence-corrected chi connectivity index (χ2v) is 6.03. The number of pyridine rings is 1. The number of aryl methyl sites for hydroxylation is 1. The quantitative estimate of drug-likeness (QED) is 0.751. The second kappa shape index (κ2) is 6.64. The fourth-order valence-electron chi connectivity index (χ4n) is 3.00. The Kier molecular flexibility index (Phi) is 4.18. The Labute approximate surface area is 148 Å². The highest BCUT2D eigenvalue weighted by Gasteiger charge is 2.23. The van der Waals surface area contributed by atoms with Crippen molar-refractivity contribution >= 4 is 11.6 Å². The molecule has 0 saturated carbocycles. The van der Waals surface area contributed by atoms with Crippen molar-refractivity contribution in [1.29, 1.82) is 0 Å². The van der Waals surface area contributed by atoms with Crippen LogP contribution < -0.4 is 10.6 Å². The summed E-state index contributed by atoms with van der Waals surface area (Å²) in [4.78, 5) is 20.9. The van der Waals surface area contributed by atoms with Gasteiger partial charge >= 0.3 is 11.8 Å². The molecule has 0 saturated heterocycles. The van der Waals surface area contributed by atoms with Crippen LogP contribution in [0.5, 0.6) is 0 Å². The number of carbonyl (C=O) groups excluding carboxylic acids is 1. The van der Waals surface area contributed by atoms with Crippen molar-refractivity contribution in [3.05, 3.63) is 59.0 Å². The monoisotopic (exact) mass is 353 g/mol. The topological polar surface area (TPSA) is 92.9 Å². The fourth-order valence-corrected chi connectivity index (χ4v) is 3.00. The maximum atomic E-state index is 12.9. The van der Waals surface area contributed by atoms with Crippen molar-refractivity contribution in [2.75, 3.05) is 11.9 Å². The summed E-state index contributed by atoms with van der Waals surface area (Å²) in [6.07, 6.45) is 2.68. The Bertz CT molecular complexity index is 968. The van der Waals surface area contributed by atoms with E-state index >= 15 is 0 Å². The van der Waals surface area contributed by atoms with E-state index < -0.39 is 5.91 Å². The van der Waals surface area contributed by atoms with Crippen molar-refractivity contribution in [3.8, 4) is 11.4 Å². The van der Waals surface area contributed by atoms with Gasteiger partial charge in [0.05, 0.1) is 0 Å². The summed E-state index contributed by atoms with van der Waals surface area (Å²) in [7, 11) is 0. The lowest BCUT2D eigenvalue weighted by Crippen LogP contribution is -2.24. The van der Waals surface area contributed by atoms with Crippen molar-refractivity contribution < 1.29 is 13.7 Å². The molecule has 1 aliphatic heterocycles. The summed E-state index contributed by atoms with van der Waals surface area (Å²) < 4.78 is 18.1. The minimum absolute atomic E-state index is 0.157. The molecule has 3 heterocycles. The highest BCUT2D eigenvalue weighted by Crippen LogP contribution is 2.28. The molecule has 3 aromatic rings. The SMILES string of the molecule is Cc1ncc2c(c1-c1noc(C(=O)Nc3ccc(F)cc3)n1)CCNC2. The number of hydrogen-bond donors (Lipinski definition) is 2. The summed E-state index contributed by atoms with van der Waals surface area (Å²) in [6.45, 7) is 3.48. The standard InChI is InChI=1S/C18H16FN5O2/c1-10-15(14-6-7-20-8-11(14)9-21-10)16-23-18(26-24-16)17(25)22-13-4-2-12(19)3-5-13/h2-5,9,20H,6-8H2,1H3,(H,22,25). The minimum atomic E-state index is -0.549. The molecule has 0 radical (unpaired) electrons. The number of amides is 1. The van der Waals surface area contributed by atoms with E-state index in [0.29, 0.717) is 11.5 Å². The maximum absolute atomic E-state index is 12.9. The molecule has 1 aromatic carbocycles. The molecule has 26 heavy (non-hydrogen) atoms. The van der Waals surface area contributed by atoms with Crippen LogP contribution in [0, 0.1) is 12.7 Å². The number of nitrogens with one attached hydrogen (secondary N) is 2. The summed E-state index contributed by atoms with van der Waals surface area (Å²) in [5.74, 6) is -0.741. The highest BCUT2D eigenvalue weighted by molar-refractivity contribution is 6.01. The first kappa shape index (κ1) is 16.3. The maximum Gasteiger partial charge on any atom is 0.316 e. The second-order valence-electron chi connectivity index (χ2n) is 6.03. The molecule has 132 valence electrons. The van der Waals surface area contributed by atoms with Crippen LogP contribution in [0.15, 0.2) is 35.0 Å². The molecule has 0 unspecified atom stereocenters. The van der Waals surface area contributed by atoms with Crippen LogP contribution in [-0.2, 0) is 13.0 Å². The van der Waals surface area contributed by atoms with Gasteiger partial charge in [-0.25, -0.2) is 4.39 Å². The summed E-state index contributed by atoms with van der Waals surface area (Å²) >= 11 is 0. The van der Waals surface area contributed by atoms with Gasteiger partial charge in [0.2, 0.25) is 5.82 Å². The van der Waals surface area contributed by atoms with Gasteiger partial charge in [-0.1, -0.05) is 5.16 Å². The minimum Gasteiger partial charge on any atom is -0.328 e. The lowest BCUT2D eigenvalue weighted by molar-refractivity contribution is 0.0981. The third-order valence-corrected chi connectivity index (χ3v) is 4.28. The van der Waals surface area contributed by atoms with Crippen LogP contribution in [0.2, 0.25) is 0 Å². The van der Waals surface area contributed by atoms with Crippen LogP contribution in [0.4, 0.5) is 10.1 Å². The predicted molar refractivity (Wildman–Crippen MR) is 92.0 cm³/mol. The highest BCUT2D eigenvalue weighted by atomic mass is 19.1. The number of anilines is 1. The molecule has 0 fully saturated rings. The van der Waals surface area contributed by atoms with Crippen LogP contribution >= 0.6 is 0 Å². The van der Waals surface area contributed by atoms with E-state index in [1.807, 2.05) is 13.1 Å². The van der Waals surface area contributed by atoms with E-state index in [2.05, 4.69) is 25.8 Å². The number of fused-ring (bicyclic) bond motifs is 1. The normalized spacial score (nSPS) is 13.3. The van der Waals surface area contributed by atoms with Gasteiger partial charge < -0.3 is 15.2 Å². The van der Waals surface area contributed by atoms with E-state index in [1.54, 1.807) is 0 Å². The Balaban J connectivity index is 1.62. The van der Waals surface area contributed by atoms with E-state index in [0.717, 1.165) is 41.9 Å². The van der Waals surface area contributed by atoms with Crippen molar-refractivity contribution in [2.24, 2.45) is 0 Å². The molecule has 0 aliphatic carbocycles. The lowest BCUT2D eigenvalue weighted by Gasteiger charge is -2.19. The van der Waals surface area contributed by atoms with Crippen LogP contribution in [0.25, 0.3) is 11.4 Å². The third-order valence-electron chi connectivity index (χ3n) is 4.28. The molecule has 4 rings (SSSR count). The molecule has 2 aromatic heterocycles. The van der Waals surface area contributed by atoms with Gasteiger partial charge in [-0.2, -0.15) is 4.98 Å². The molecular formula is C18H16FN5O2. The lowest BCUT2D eigenvalue weighted by atomic mass is 9.95. The number of hydrogen-bond acceptors (Lipinski definition) is 6. The van der Waals surface area contributed by atoms with Crippen molar-refractivity contribution in [1.82, 2.24) is 20.4 Å². The van der Waals surface area contributed by atoms with Crippen molar-refractivity contribution in [3.63, 3.8) is 0 Å². The summed E-state index contributed by atoms with van der Waals surface area (Å²) in [6, 6.07) is 5.43. The smallest absolute Gasteiger partial charge is 0.316 e.